The molecule has 0 saturated carbocycles. The second-order valence-electron chi connectivity index (χ2n) is 7.83. The minimum absolute atomic E-state index is 0.0109. The molecule has 1 amide bonds. The van der Waals surface area contributed by atoms with Gasteiger partial charge < -0.3 is 4.74 Å². The van der Waals surface area contributed by atoms with Crippen molar-refractivity contribution in [3.8, 4) is 5.75 Å². The lowest BCUT2D eigenvalue weighted by Gasteiger charge is -2.28. The Morgan fingerprint density at radius 2 is 1.68 bits per heavy atom. The van der Waals surface area contributed by atoms with Crippen molar-refractivity contribution in [2.45, 2.75) is 26.6 Å². The summed E-state index contributed by atoms with van der Waals surface area (Å²) in [6.07, 6.45) is -0.279. The molecule has 0 radical (unpaired) electrons. The molecular weight excluding hydrogens is 386 g/mol. The fourth-order valence-corrected chi connectivity index (χ4v) is 3.84. The number of benzene rings is 3. The van der Waals surface area contributed by atoms with Gasteiger partial charge >= 0.3 is 0 Å². The average Bonchev–Trinajstić information content (AvgIpc) is 3.09. The molecule has 0 bridgehead atoms. The van der Waals surface area contributed by atoms with E-state index in [-0.39, 0.29) is 12.1 Å². The second-order valence-corrected chi connectivity index (χ2v) is 7.83. The summed E-state index contributed by atoms with van der Waals surface area (Å²) >= 11 is 0. The van der Waals surface area contributed by atoms with E-state index in [2.05, 4.69) is 36.1 Å². The molecule has 31 heavy (non-hydrogen) atoms. The van der Waals surface area contributed by atoms with Gasteiger partial charge in [-0.3, -0.25) is 9.69 Å². The molecule has 1 aliphatic rings. The SMILES string of the molecule is COc1ccc([C@@H]2N(Cc3ccccc3)CC(=O)N2/N=C(/C)c2ccc(C)cc2)cc1. The van der Waals surface area contributed by atoms with Gasteiger partial charge in [-0.05, 0) is 42.7 Å². The predicted octanol–water partition coefficient (Wildman–Crippen LogP) is 4.77. The molecule has 5 nitrogen and oxygen atoms in total. The normalized spacial score (nSPS) is 17.3. The number of nitrogens with zero attached hydrogens (tertiary/aromatic N) is 3. The maximum absolute atomic E-state index is 13.1. The number of hydrazone groups is 1. The van der Waals surface area contributed by atoms with Crippen molar-refractivity contribution in [2.24, 2.45) is 5.10 Å². The van der Waals surface area contributed by atoms with Crippen LogP contribution < -0.4 is 4.74 Å². The van der Waals surface area contributed by atoms with Crippen LogP contribution in [0.4, 0.5) is 0 Å². The van der Waals surface area contributed by atoms with E-state index in [1.54, 1.807) is 12.1 Å². The molecule has 158 valence electrons. The highest BCUT2D eigenvalue weighted by molar-refractivity contribution is 5.99. The number of amides is 1. The maximum Gasteiger partial charge on any atom is 0.258 e. The Morgan fingerprint density at radius 3 is 2.32 bits per heavy atom. The lowest BCUT2D eigenvalue weighted by atomic mass is 10.1. The molecule has 0 aliphatic carbocycles. The standard InChI is InChI=1S/C26H27N3O2/c1-19-9-11-22(12-10-19)20(2)27-29-25(30)18-28(17-21-7-5-4-6-8-21)26(29)23-13-15-24(31-3)16-14-23/h4-16,26H,17-18H2,1-3H3/b27-20-/t26-/m1/s1. The summed E-state index contributed by atoms with van der Waals surface area (Å²) in [6, 6.07) is 26.3. The minimum Gasteiger partial charge on any atom is -0.497 e. The molecule has 1 fully saturated rings. The molecule has 3 aromatic carbocycles. The van der Waals surface area contributed by atoms with Gasteiger partial charge in [0.2, 0.25) is 0 Å². The topological polar surface area (TPSA) is 45.1 Å². The van der Waals surface area contributed by atoms with E-state index in [1.807, 2.05) is 61.5 Å². The molecule has 4 rings (SSSR count). The summed E-state index contributed by atoms with van der Waals surface area (Å²) < 4.78 is 5.31. The van der Waals surface area contributed by atoms with Crippen molar-refractivity contribution in [3.05, 3.63) is 101 Å². The molecule has 0 aromatic heterocycles. The summed E-state index contributed by atoms with van der Waals surface area (Å²) in [5.74, 6) is 0.775. The fraction of sp³-hybridized carbons (Fsp3) is 0.231. The summed E-state index contributed by atoms with van der Waals surface area (Å²) in [7, 11) is 1.65. The predicted molar refractivity (Wildman–Crippen MR) is 123 cm³/mol. The van der Waals surface area contributed by atoms with Gasteiger partial charge in [0.25, 0.3) is 5.91 Å². The summed E-state index contributed by atoms with van der Waals surface area (Å²) in [4.78, 5) is 15.2. The monoisotopic (exact) mass is 413 g/mol. The molecule has 3 aromatic rings. The van der Waals surface area contributed by atoms with Crippen LogP contribution in [0.2, 0.25) is 0 Å². The number of rotatable bonds is 6. The smallest absolute Gasteiger partial charge is 0.258 e. The van der Waals surface area contributed by atoms with E-state index in [9.17, 15) is 4.79 Å². The van der Waals surface area contributed by atoms with Gasteiger partial charge in [-0.25, -0.2) is 5.01 Å². The van der Waals surface area contributed by atoms with Gasteiger partial charge in [0.15, 0.2) is 0 Å². The first kappa shape index (κ1) is 20.8. The van der Waals surface area contributed by atoms with Gasteiger partial charge in [-0.15, -0.1) is 0 Å². The Bertz CT molecular complexity index is 1060. The Labute approximate surface area is 183 Å². The number of hydrogen-bond donors (Lipinski definition) is 0. The van der Waals surface area contributed by atoms with Crippen molar-refractivity contribution < 1.29 is 9.53 Å². The Kier molecular flexibility index (Phi) is 6.14. The van der Waals surface area contributed by atoms with Crippen LogP contribution in [0.25, 0.3) is 0 Å². The first-order valence-corrected chi connectivity index (χ1v) is 10.4. The number of methoxy groups -OCH3 is 1. The minimum atomic E-state index is -0.279. The number of hydrogen-bond acceptors (Lipinski definition) is 4. The maximum atomic E-state index is 13.1. The first-order valence-electron chi connectivity index (χ1n) is 10.4. The van der Waals surface area contributed by atoms with Crippen LogP contribution in [-0.4, -0.2) is 35.2 Å². The third-order valence-corrected chi connectivity index (χ3v) is 5.54. The van der Waals surface area contributed by atoms with Crippen LogP contribution >= 0.6 is 0 Å². The zero-order valence-electron chi connectivity index (χ0n) is 18.2. The van der Waals surface area contributed by atoms with Crippen LogP contribution in [0.5, 0.6) is 5.75 Å². The first-order chi connectivity index (χ1) is 15.0. The van der Waals surface area contributed by atoms with Gasteiger partial charge in [0, 0.05) is 6.54 Å². The quantitative estimate of drug-likeness (QED) is 0.547. The third-order valence-electron chi connectivity index (χ3n) is 5.54. The summed E-state index contributed by atoms with van der Waals surface area (Å²) in [5, 5.41) is 6.40. The molecule has 1 aliphatic heterocycles. The highest BCUT2D eigenvalue weighted by atomic mass is 16.5. The Hall–Kier alpha value is -3.44. The van der Waals surface area contributed by atoms with Crippen LogP contribution in [-0.2, 0) is 11.3 Å². The van der Waals surface area contributed by atoms with E-state index in [0.29, 0.717) is 13.1 Å². The summed E-state index contributed by atoms with van der Waals surface area (Å²) in [6.45, 7) is 4.99. The van der Waals surface area contributed by atoms with Crippen molar-refractivity contribution >= 4 is 11.6 Å². The van der Waals surface area contributed by atoms with Crippen LogP contribution in [0.15, 0.2) is 84.0 Å². The molecule has 1 heterocycles. The molecular formula is C26H27N3O2. The largest absolute Gasteiger partial charge is 0.497 e. The second kappa shape index (κ2) is 9.14. The van der Waals surface area contributed by atoms with Crippen molar-refractivity contribution in [3.63, 3.8) is 0 Å². The van der Waals surface area contributed by atoms with Crippen LogP contribution in [0.3, 0.4) is 0 Å². The highest BCUT2D eigenvalue weighted by Crippen LogP contribution is 2.33. The Balaban J connectivity index is 1.69. The zero-order valence-corrected chi connectivity index (χ0v) is 18.2. The zero-order chi connectivity index (χ0) is 21.8. The summed E-state index contributed by atoms with van der Waals surface area (Å²) in [5.41, 5.74) is 5.18. The molecule has 0 unspecified atom stereocenters. The highest BCUT2D eigenvalue weighted by Gasteiger charge is 2.39. The molecule has 5 heteroatoms. The van der Waals surface area contributed by atoms with Crippen molar-refractivity contribution in [2.75, 3.05) is 13.7 Å². The van der Waals surface area contributed by atoms with E-state index in [4.69, 9.17) is 9.84 Å². The number of carbonyl (C=O) groups is 1. The molecule has 0 N–H and O–H groups in total. The molecule has 0 spiro atoms. The number of aryl methyl sites for hydroxylation is 1. The lowest BCUT2D eigenvalue weighted by molar-refractivity contribution is -0.128. The average molecular weight is 414 g/mol. The van der Waals surface area contributed by atoms with Gasteiger partial charge in [-0.1, -0.05) is 72.3 Å². The van der Waals surface area contributed by atoms with E-state index < -0.39 is 0 Å². The van der Waals surface area contributed by atoms with Crippen molar-refractivity contribution in [1.82, 2.24) is 9.91 Å². The van der Waals surface area contributed by atoms with Gasteiger partial charge in [0.1, 0.15) is 11.9 Å². The molecule has 1 atom stereocenters. The lowest BCUT2D eigenvalue weighted by Crippen LogP contribution is -2.29. The van der Waals surface area contributed by atoms with Crippen molar-refractivity contribution in [1.29, 1.82) is 0 Å². The van der Waals surface area contributed by atoms with E-state index >= 15 is 0 Å². The van der Waals surface area contributed by atoms with Crippen LogP contribution in [0, 0.1) is 6.92 Å². The van der Waals surface area contributed by atoms with E-state index in [0.717, 1.165) is 28.2 Å². The number of carbonyl (C=O) groups excluding carboxylic acids is 1. The third kappa shape index (κ3) is 4.67. The van der Waals surface area contributed by atoms with E-state index in [1.165, 1.54) is 5.56 Å². The fourth-order valence-electron chi connectivity index (χ4n) is 3.84. The number of ether oxygens (including phenoxy) is 1. The molecule has 1 saturated heterocycles. The Morgan fingerprint density at radius 1 is 1.00 bits per heavy atom. The van der Waals surface area contributed by atoms with Crippen LogP contribution in [0.1, 0.15) is 35.3 Å². The van der Waals surface area contributed by atoms with Gasteiger partial charge in [-0.2, -0.15) is 5.10 Å². The van der Waals surface area contributed by atoms with Gasteiger partial charge in [0.05, 0.1) is 19.4 Å².